The number of aromatic nitrogens is 1. The lowest BCUT2D eigenvalue weighted by Crippen LogP contribution is -2.31. The van der Waals surface area contributed by atoms with Gasteiger partial charge < -0.3 is 16.0 Å². The maximum absolute atomic E-state index is 10.7. The zero-order chi connectivity index (χ0) is 20.9. The van der Waals surface area contributed by atoms with Gasteiger partial charge in [0.05, 0.1) is 16.2 Å². The Morgan fingerprint density at radius 3 is 2.77 bits per heavy atom. The molecular weight excluding hydrogens is 396 g/mol. The molecule has 5 N–H and O–H groups in total. The molecule has 1 aliphatic heterocycles. The molecule has 1 saturated carbocycles. The summed E-state index contributed by atoms with van der Waals surface area (Å²) in [7, 11) is -2.80. The van der Waals surface area contributed by atoms with Crippen molar-refractivity contribution in [2.75, 3.05) is 29.1 Å². The summed E-state index contributed by atoms with van der Waals surface area (Å²) in [5.74, 6) is 1.13. The fourth-order valence-corrected chi connectivity index (χ4v) is 5.57. The average Bonchev–Trinajstić information content (AvgIpc) is 3.48. The van der Waals surface area contributed by atoms with Crippen LogP contribution in [0.1, 0.15) is 24.0 Å². The first-order valence-electron chi connectivity index (χ1n) is 10.4. The lowest BCUT2D eigenvalue weighted by atomic mass is 10.1. The number of hydrogen-bond donors (Lipinski definition) is 4. The van der Waals surface area contributed by atoms with Gasteiger partial charge in [0.25, 0.3) is 0 Å². The van der Waals surface area contributed by atoms with Crippen LogP contribution in [0.3, 0.4) is 0 Å². The van der Waals surface area contributed by atoms with E-state index in [4.69, 9.17) is 10.7 Å². The molecule has 2 heterocycles. The van der Waals surface area contributed by atoms with Gasteiger partial charge >= 0.3 is 0 Å². The van der Waals surface area contributed by atoms with Crippen molar-refractivity contribution in [3.8, 4) is 0 Å². The van der Waals surface area contributed by atoms with Crippen LogP contribution in [0.5, 0.6) is 0 Å². The van der Waals surface area contributed by atoms with Crippen molar-refractivity contribution >= 4 is 33.0 Å². The summed E-state index contributed by atoms with van der Waals surface area (Å²) >= 11 is 0. The summed E-state index contributed by atoms with van der Waals surface area (Å²) in [6.07, 6.45) is 2.10. The van der Waals surface area contributed by atoms with Crippen LogP contribution in [0, 0.1) is 6.92 Å². The molecule has 1 fully saturated rings. The number of aryl methyl sites for hydroxylation is 1. The van der Waals surface area contributed by atoms with Crippen LogP contribution in [-0.2, 0) is 6.54 Å². The van der Waals surface area contributed by atoms with E-state index in [0.29, 0.717) is 23.7 Å². The molecule has 3 aromatic rings. The van der Waals surface area contributed by atoms with Crippen LogP contribution < -0.4 is 16.0 Å². The van der Waals surface area contributed by atoms with E-state index in [1.807, 2.05) is 30.3 Å². The highest BCUT2D eigenvalue weighted by Gasteiger charge is 2.38. The third-order valence-electron chi connectivity index (χ3n) is 6.13. The molecule has 0 spiro atoms. The van der Waals surface area contributed by atoms with Crippen molar-refractivity contribution in [2.24, 2.45) is 5.73 Å². The third kappa shape index (κ3) is 3.74. The van der Waals surface area contributed by atoms with Gasteiger partial charge in [-0.25, -0.2) is 4.98 Å². The van der Waals surface area contributed by atoms with Gasteiger partial charge in [0, 0.05) is 42.3 Å². The van der Waals surface area contributed by atoms with Gasteiger partial charge in [0.15, 0.2) is 0 Å². The fourth-order valence-electron chi connectivity index (χ4n) is 4.02. The molecule has 0 amide bonds. The molecule has 30 heavy (non-hydrogen) atoms. The zero-order valence-electron chi connectivity index (χ0n) is 17.1. The second-order valence-corrected chi connectivity index (χ2v) is 10.8. The molecule has 1 aromatic heterocycles. The van der Waals surface area contributed by atoms with Gasteiger partial charge in [0.1, 0.15) is 5.82 Å². The number of fused-ring (bicyclic) bond motifs is 2. The Balaban J connectivity index is 1.54. The van der Waals surface area contributed by atoms with Crippen molar-refractivity contribution in [3.05, 3.63) is 59.7 Å². The summed E-state index contributed by atoms with van der Waals surface area (Å²) in [5, 5.41) is 4.65. The minimum absolute atomic E-state index is 0.0993. The molecule has 2 aliphatic rings. The molecule has 1 aliphatic carbocycles. The Hall–Kier alpha value is -2.32. The van der Waals surface area contributed by atoms with Gasteiger partial charge in [0.2, 0.25) is 0 Å². The van der Waals surface area contributed by atoms with E-state index in [9.17, 15) is 9.11 Å². The normalized spacial score (nSPS) is 20.3. The first-order valence-corrected chi connectivity index (χ1v) is 12.1. The van der Waals surface area contributed by atoms with Crippen LogP contribution >= 0.6 is 10.6 Å². The Labute approximate surface area is 178 Å². The summed E-state index contributed by atoms with van der Waals surface area (Å²) in [6, 6.07) is 16.0. The predicted octanol–water partition coefficient (Wildman–Crippen LogP) is 4.58. The van der Waals surface area contributed by atoms with E-state index in [1.54, 1.807) is 0 Å². The summed E-state index contributed by atoms with van der Waals surface area (Å²) in [4.78, 5) is 7.72. The van der Waals surface area contributed by atoms with Crippen molar-refractivity contribution in [1.82, 2.24) is 4.98 Å². The SMILES string of the molecule is Cc1ccc2nc(N3CCS(O)(O)c4ccccc4C3)cc(NCC3(N)CC3)c2c1. The fraction of sp³-hybridized carbons (Fsp3) is 0.348. The third-order valence-corrected chi connectivity index (χ3v) is 7.98. The molecule has 2 aromatic carbocycles. The monoisotopic (exact) mass is 424 g/mol. The Bertz CT molecular complexity index is 1110. The summed E-state index contributed by atoms with van der Waals surface area (Å²) in [5.41, 5.74) is 10.3. The van der Waals surface area contributed by atoms with Gasteiger partial charge in [-0.05, 0) is 43.5 Å². The van der Waals surface area contributed by atoms with Gasteiger partial charge in [-0.1, -0.05) is 29.8 Å². The average molecular weight is 425 g/mol. The Morgan fingerprint density at radius 1 is 1.17 bits per heavy atom. The molecule has 0 radical (unpaired) electrons. The summed E-state index contributed by atoms with van der Waals surface area (Å²) in [6.45, 7) is 3.94. The Kier molecular flexibility index (Phi) is 4.67. The molecule has 6 nitrogen and oxygen atoms in total. The number of benzene rings is 2. The first kappa shape index (κ1) is 19.6. The largest absolute Gasteiger partial charge is 0.383 e. The van der Waals surface area contributed by atoms with E-state index in [2.05, 4.69) is 35.3 Å². The molecule has 5 rings (SSSR count). The lowest BCUT2D eigenvalue weighted by molar-refractivity contribution is 0.488. The standard InChI is InChI=1S/C23H28N4O2S/c1-16-6-7-19-18(12-16)20(25-15-23(24)8-9-23)13-22(26-19)27-10-11-30(28,29)21-5-3-2-4-17(21)14-27/h2-7,12-13,28-29H,8-11,14-15,24H2,1H3,(H,25,26). The molecule has 158 valence electrons. The van der Waals surface area contributed by atoms with Crippen LogP contribution in [0.15, 0.2) is 53.4 Å². The zero-order valence-corrected chi connectivity index (χ0v) is 18.0. The number of hydrogen-bond acceptors (Lipinski definition) is 6. The lowest BCUT2D eigenvalue weighted by Gasteiger charge is -2.32. The minimum atomic E-state index is -2.80. The number of nitrogens with two attached hydrogens (primary N) is 1. The topological polar surface area (TPSA) is 94.6 Å². The highest BCUT2D eigenvalue weighted by Crippen LogP contribution is 2.51. The number of rotatable bonds is 4. The van der Waals surface area contributed by atoms with Gasteiger partial charge in [-0.3, -0.25) is 9.11 Å². The molecular formula is C23H28N4O2S. The molecule has 0 saturated heterocycles. The van der Waals surface area contributed by atoms with Crippen molar-refractivity contribution in [2.45, 2.75) is 36.7 Å². The first-order chi connectivity index (χ1) is 14.3. The maximum Gasteiger partial charge on any atom is 0.131 e. The molecule has 0 bridgehead atoms. The molecule has 0 unspecified atom stereocenters. The Morgan fingerprint density at radius 2 is 1.97 bits per heavy atom. The van der Waals surface area contributed by atoms with E-state index in [0.717, 1.165) is 47.4 Å². The number of anilines is 2. The summed E-state index contributed by atoms with van der Waals surface area (Å²) < 4.78 is 21.3. The number of nitrogens with one attached hydrogen (secondary N) is 1. The van der Waals surface area contributed by atoms with Crippen LogP contribution in [0.2, 0.25) is 0 Å². The van der Waals surface area contributed by atoms with Crippen molar-refractivity contribution in [1.29, 1.82) is 0 Å². The van der Waals surface area contributed by atoms with E-state index < -0.39 is 10.6 Å². The van der Waals surface area contributed by atoms with Crippen LogP contribution in [0.4, 0.5) is 11.5 Å². The minimum Gasteiger partial charge on any atom is -0.383 e. The second-order valence-electron chi connectivity index (χ2n) is 8.66. The van der Waals surface area contributed by atoms with Gasteiger partial charge in [-0.2, -0.15) is 10.6 Å². The number of nitrogens with zero attached hydrogens (tertiary/aromatic N) is 2. The maximum atomic E-state index is 10.7. The van der Waals surface area contributed by atoms with E-state index >= 15 is 0 Å². The van der Waals surface area contributed by atoms with Crippen molar-refractivity contribution in [3.63, 3.8) is 0 Å². The number of pyridine rings is 1. The quantitative estimate of drug-likeness (QED) is 0.490. The van der Waals surface area contributed by atoms with Crippen molar-refractivity contribution < 1.29 is 9.11 Å². The predicted molar refractivity (Wildman–Crippen MR) is 125 cm³/mol. The van der Waals surface area contributed by atoms with E-state index in [1.165, 1.54) is 5.56 Å². The smallest absolute Gasteiger partial charge is 0.131 e. The van der Waals surface area contributed by atoms with Crippen LogP contribution in [-0.4, -0.2) is 38.5 Å². The molecule has 0 atom stereocenters. The van der Waals surface area contributed by atoms with Crippen LogP contribution in [0.25, 0.3) is 10.9 Å². The van der Waals surface area contributed by atoms with Gasteiger partial charge in [-0.15, -0.1) is 0 Å². The second kappa shape index (κ2) is 7.13. The highest BCUT2D eigenvalue weighted by atomic mass is 32.3. The molecule has 7 heteroatoms. The highest BCUT2D eigenvalue weighted by molar-refractivity contribution is 8.24. The van der Waals surface area contributed by atoms with E-state index in [-0.39, 0.29) is 5.54 Å².